The van der Waals surface area contributed by atoms with E-state index < -0.39 is 21.2 Å². The summed E-state index contributed by atoms with van der Waals surface area (Å²) in [6, 6.07) is 6.96. The highest BCUT2D eigenvalue weighted by atomic mass is 32.3. The minimum atomic E-state index is -4.79. The van der Waals surface area contributed by atoms with E-state index in [0.29, 0.717) is 34.4 Å². The van der Waals surface area contributed by atoms with Crippen LogP contribution in [0.4, 0.5) is 4.79 Å². The first kappa shape index (κ1) is 27.8. The Morgan fingerprint density at radius 1 is 1.08 bits per heavy atom. The lowest BCUT2D eigenvalue weighted by atomic mass is 9.91. The highest BCUT2D eigenvalue weighted by molar-refractivity contribution is 8.15. The van der Waals surface area contributed by atoms with Crippen molar-refractivity contribution in [1.82, 2.24) is 5.32 Å². The molecule has 1 aliphatic heterocycles. The molecule has 196 valence electrons. The molecule has 12 heteroatoms. The Bertz CT molecular complexity index is 1270. The molecule has 2 aromatic rings. The minimum absolute atomic E-state index is 0.0148. The van der Waals surface area contributed by atoms with Gasteiger partial charge in [0.15, 0.2) is 5.75 Å². The molecule has 2 amide bonds. The maximum atomic E-state index is 11.7. The predicted octanol–water partition coefficient (Wildman–Crippen LogP) is 3.16. The molecule has 2 aromatic carbocycles. The number of thioether (sulfide) groups is 1. The summed E-state index contributed by atoms with van der Waals surface area (Å²) in [4.78, 5) is 23.0. The zero-order chi connectivity index (χ0) is 26.8. The highest BCUT2D eigenvalue weighted by Gasteiger charge is 2.31. The molecule has 0 bridgehead atoms. The molecule has 0 aromatic heterocycles. The number of aromatic hydroxyl groups is 1. The number of carbonyl (C=O) groups is 2. The smallest absolute Gasteiger partial charge is 0.446 e. The fraction of sp³-hybridized carbons (Fsp3) is 0.417. The molecule has 0 spiro atoms. The zero-order valence-electron chi connectivity index (χ0n) is 20.3. The standard InChI is InChI=1S/C24H29NO9S2/c1-13-14(2)21(34-36(30,31)32)18(15(3)20(13)26)9-10-24(4,29)12-33-17-7-5-16(6-8-17)11-19-22(27)25-23(28)35-19/h5-8,19,26,29H,9-12H2,1-4H3,(H,25,27,28)(H,30,31,32). The number of ether oxygens (including phenoxy) is 1. The van der Waals surface area contributed by atoms with Crippen molar-refractivity contribution >= 4 is 33.3 Å². The van der Waals surface area contributed by atoms with E-state index in [1.807, 2.05) is 0 Å². The van der Waals surface area contributed by atoms with Crippen LogP contribution in [0.25, 0.3) is 0 Å². The molecule has 3 rings (SSSR count). The number of rotatable bonds is 10. The summed E-state index contributed by atoms with van der Waals surface area (Å²) in [5, 5.41) is 22.7. The average Bonchev–Trinajstić information content (AvgIpc) is 3.11. The number of hydrogen-bond donors (Lipinski definition) is 4. The van der Waals surface area contributed by atoms with E-state index in [-0.39, 0.29) is 42.1 Å². The van der Waals surface area contributed by atoms with E-state index in [0.717, 1.165) is 17.3 Å². The lowest BCUT2D eigenvalue weighted by Crippen LogP contribution is -2.33. The first-order valence-corrected chi connectivity index (χ1v) is 13.4. The Labute approximate surface area is 214 Å². The quantitative estimate of drug-likeness (QED) is 0.330. The van der Waals surface area contributed by atoms with E-state index in [1.54, 1.807) is 52.0 Å². The van der Waals surface area contributed by atoms with Crippen molar-refractivity contribution in [3.05, 3.63) is 52.1 Å². The van der Waals surface area contributed by atoms with Gasteiger partial charge in [0.25, 0.3) is 5.24 Å². The normalized spacial score (nSPS) is 17.6. The van der Waals surface area contributed by atoms with E-state index in [9.17, 15) is 32.8 Å². The second kappa shape index (κ2) is 10.7. The number of amides is 2. The Kier molecular flexibility index (Phi) is 8.23. The molecule has 1 heterocycles. The first-order chi connectivity index (χ1) is 16.7. The summed E-state index contributed by atoms with van der Waals surface area (Å²) < 4.78 is 42.5. The lowest BCUT2D eigenvalue weighted by molar-refractivity contribution is -0.118. The largest absolute Gasteiger partial charge is 0.507 e. The van der Waals surface area contributed by atoms with Gasteiger partial charge in [-0.2, -0.15) is 8.42 Å². The van der Waals surface area contributed by atoms with Crippen LogP contribution >= 0.6 is 11.8 Å². The van der Waals surface area contributed by atoms with Crippen LogP contribution in [-0.4, -0.2) is 51.8 Å². The van der Waals surface area contributed by atoms with Gasteiger partial charge in [-0.25, -0.2) is 0 Å². The summed E-state index contributed by atoms with van der Waals surface area (Å²) in [6.45, 7) is 6.26. The fourth-order valence-electron chi connectivity index (χ4n) is 3.86. The van der Waals surface area contributed by atoms with Gasteiger partial charge in [0.05, 0.1) is 10.9 Å². The Morgan fingerprint density at radius 3 is 2.28 bits per heavy atom. The van der Waals surface area contributed by atoms with Crippen LogP contribution in [0, 0.1) is 20.8 Å². The van der Waals surface area contributed by atoms with Crippen molar-refractivity contribution in [3.8, 4) is 17.2 Å². The molecule has 4 N–H and O–H groups in total. The highest BCUT2D eigenvalue weighted by Crippen LogP contribution is 2.39. The van der Waals surface area contributed by atoms with Gasteiger partial charge in [0.2, 0.25) is 5.91 Å². The third-order valence-corrected chi connectivity index (χ3v) is 7.46. The summed E-state index contributed by atoms with van der Waals surface area (Å²) >= 11 is 0.961. The Balaban J connectivity index is 1.65. The molecule has 36 heavy (non-hydrogen) atoms. The number of phenols is 1. The maximum Gasteiger partial charge on any atom is 0.446 e. The zero-order valence-corrected chi connectivity index (χ0v) is 22.0. The van der Waals surface area contributed by atoms with Crippen molar-refractivity contribution in [2.24, 2.45) is 0 Å². The number of carbonyl (C=O) groups excluding carboxylic acids is 2. The number of aliphatic hydroxyl groups is 1. The van der Waals surface area contributed by atoms with Crippen molar-refractivity contribution < 1.29 is 41.7 Å². The molecule has 1 fully saturated rings. The van der Waals surface area contributed by atoms with E-state index in [2.05, 4.69) is 5.32 Å². The second-order valence-corrected chi connectivity index (χ2v) is 11.3. The summed E-state index contributed by atoms with van der Waals surface area (Å²) in [5.41, 5.74) is 1.05. The van der Waals surface area contributed by atoms with Crippen molar-refractivity contribution in [1.29, 1.82) is 0 Å². The van der Waals surface area contributed by atoms with Gasteiger partial charge in [-0.3, -0.25) is 19.5 Å². The number of imide groups is 1. The van der Waals surface area contributed by atoms with Crippen LogP contribution in [0.15, 0.2) is 24.3 Å². The molecular weight excluding hydrogens is 510 g/mol. The maximum absolute atomic E-state index is 11.7. The number of hydrogen-bond acceptors (Lipinski definition) is 9. The molecule has 0 saturated carbocycles. The van der Waals surface area contributed by atoms with Gasteiger partial charge < -0.3 is 19.1 Å². The Hall–Kier alpha value is -2.80. The van der Waals surface area contributed by atoms with Gasteiger partial charge in [0, 0.05) is 5.56 Å². The SMILES string of the molecule is Cc1c(C)c(OS(=O)(=O)O)c(CCC(C)(O)COc2ccc(CC3SC(=O)NC3=O)cc2)c(C)c1O. The van der Waals surface area contributed by atoms with Crippen LogP contribution in [0.1, 0.15) is 41.2 Å². The summed E-state index contributed by atoms with van der Waals surface area (Å²) in [5.74, 6) is 0.0975. The van der Waals surface area contributed by atoms with Crippen LogP contribution in [0.2, 0.25) is 0 Å². The van der Waals surface area contributed by atoms with E-state index >= 15 is 0 Å². The van der Waals surface area contributed by atoms with Crippen LogP contribution < -0.4 is 14.2 Å². The van der Waals surface area contributed by atoms with Crippen molar-refractivity contribution in [2.45, 2.75) is 57.8 Å². The molecular formula is C24H29NO9S2. The van der Waals surface area contributed by atoms with E-state index in [4.69, 9.17) is 8.92 Å². The van der Waals surface area contributed by atoms with Crippen molar-refractivity contribution in [2.75, 3.05) is 6.61 Å². The second-order valence-electron chi connectivity index (χ2n) is 9.06. The number of benzene rings is 2. The third-order valence-electron chi connectivity index (χ3n) is 6.10. The monoisotopic (exact) mass is 539 g/mol. The van der Waals surface area contributed by atoms with Gasteiger partial charge in [-0.15, -0.1) is 0 Å². The van der Waals surface area contributed by atoms with Crippen molar-refractivity contribution in [3.63, 3.8) is 0 Å². The van der Waals surface area contributed by atoms with Crippen LogP contribution in [0.3, 0.4) is 0 Å². The molecule has 0 aliphatic carbocycles. The molecule has 1 aliphatic rings. The van der Waals surface area contributed by atoms with Gasteiger partial charge >= 0.3 is 10.4 Å². The minimum Gasteiger partial charge on any atom is -0.507 e. The lowest BCUT2D eigenvalue weighted by Gasteiger charge is -2.25. The third kappa shape index (κ3) is 6.90. The van der Waals surface area contributed by atoms with Gasteiger partial charge in [0.1, 0.15) is 18.1 Å². The Morgan fingerprint density at radius 2 is 1.72 bits per heavy atom. The average molecular weight is 540 g/mol. The number of phenolic OH excluding ortho intramolecular Hbond substituents is 1. The molecule has 2 unspecified atom stereocenters. The predicted molar refractivity (Wildman–Crippen MR) is 134 cm³/mol. The van der Waals surface area contributed by atoms with Crippen LogP contribution in [0.5, 0.6) is 17.2 Å². The van der Waals surface area contributed by atoms with Gasteiger partial charge in [-0.1, -0.05) is 23.9 Å². The number of nitrogens with one attached hydrogen (secondary N) is 1. The van der Waals surface area contributed by atoms with E-state index in [1.165, 1.54) is 0 Å². The summed E-state index contributed by atoms with van der Waals surface area (Å²) in [7, 11) is -4.79. The molecule has 0 radical (unpaired) electrons. The van der Waals surface area contributed by atoms with Gasteiger partial charge in [-0.05, 0) is 81.3 Å². The first-order valence-electron chi connectivity index (χ1n) is 11.1. The molecule has 2 atom stereocenters. The molecule has 10 nitrogen and oxygen atoms in total. The molecule has 1 saturated heterocycles. The summed E-state index contributed by atoms with van der Waals surface area (Å²) in [6.07, 6.45) is 0.675. The topological polar surface area (TPSA) is 159 Å². The van der Waals surface area contributed by atoms with Crippen LogP contribution in [-0.2, 0) is 28.0 Å². The fourth-order valence-corrected chi connectivity index (χ4v) is 5.15.